The van der Waals surface area contributed by atoms with Crippen LogP contribution in [-0.2, 0) is 57.1 Å². The van der Waals surface area contributed by atoms with E-state index in [1.165, 1.54) is 13.8 Å². The predicted octanol–water partition coefficient (Wildman–Crippen LogP) is 1.11. The average Bonchev–Trinajstić information content (AvgIpc) is 3.17. The Morgan fingerprint density at radius 1 is 0.656 bits per heavy atom. The number of aliphatic hydroxyl groups excluding tert-OH is 6. The van der Waals surface area contributed by atoms with Crippen molar-refractivity contribution in [3.63, 3.8) is 0 Å². The lowest BCUT2D eigenvalue weighted by atomic mass is 9.96. The van der Waals surface area contributed by atoms with Gasteiger partial charge in [-0.1, -0.05) is 53.9 Å². The van der Waals surface area contributed by atoms with Crippen LogP contribution in [0.1, 0.15) is 126 Å². The first-order valence-electron chi connectivity index (χ1n) is 21.7. The first-order chi connectivity index (χ1) is 28.8. The van der Waals surface area contributed by atoms with Gasteiger partial charge < -0.3 is 69.1 Å². The number of esters is 3. The van der Waals surface area contributed by atoms with Crippen LogP contribution in [0.3, 0.4) is 0 Å². The minimum atomic E-state index is -1.69. The Bertz CT molecular complexity index is 1350. The van der Waals surface area contributed by atoms with Gasteiger partial charge in [-0.05, 0) is 45.4 Å². The molecule has 61 heavy (non-hydrogen) atoms. The monoisotopic (exact) mass is 879 g/mol. The molecule has 2 aliphatic rings. The van der Waals surface area contributed by atoms with E-state index in [2.05, 4.69) is 5.32 Å². The van der Waals surface area contributed by atoms with Crippen molar-refractivity contribution < 1.29 is 87.8 Å². The number of ketones is 1. The number of aliphatic hydroxyl groups is 6. The molecule has 0 bridgehead atoms. The number of nitrogens with one attached hydrogen (secondary N) is 1. The molecular weight excluding hydrogens is 806 g/mol. The Hall–Kier alpha value is -2.85. The minimum absolute atomic E-state index is 0.186. The first-order valence-corrected chi connectivity index (χ1v) is 21.7. The zero-order valence-corrected chi connectivity index (χ0v) is 37.0. The highest BCUT2D eigenvalue weighted by molar-refractivity contribution is 5.87. The summed E-state index contributed by atoms with van der Waals surface area (Å²) in [6, 6.07) is -0.516. The van der Waals surface area contributed by atoms with Crippen LogP contribution in [-0.4, -0.2) is 159 Å². The van der Waals surface area contributed by atoms with E-state index in [9.17, 15) is 54.6 Å². The number of hydrogen-bond donors (Lipinski definition) is 7. The van der Waals surface area contributed by atoms with Gasteiger partial charge in [0.25, 0.3) is 0 Å². The lowest BCUT2D eigenvalue weighted by Gasteiger charge is -2.46. The number of carbonyl (C=O) groups excluding carboxylic acids is 5. The third kappa shape index (κ3) is 18.0. The smallest absolute Gasteiger partial charge is 0.309 e. The van der Waals surface area contributed by atoms with Crippen molar-refractivity contribution in [1.29, 1.82) is 0 Å². The summed E-state index contributed by atoms with van der Waals surface area (Å²) >= 11 is 0. The molecule has 2 saturated heterocycles. The summed E-state index contributed by atoms with van der Waals surface area (Å²) in [6.45, 7) is 12.6. The number of carbonyl (C=O) groups is 5. The Morgan fingerprint density at radius 3 is 1.66 bits per heavy atom. The zero-order valence-electron chi connectivity index (χ0n) is 37.0. The van der Waals surface area contributed by atoms with Crippen LogP contribution in [0.2, 0.25) is 0 Å². The number of Topliss-reactive ketones (excluding diaryl/α,β-unsaturated/α-hetero) is 1. The number of ether oxygens (including phenoxy) is 7. The molecule has 0 aromatic rings. The fourth-order valence-corrected chi connectivity index (χ4v) is 7.40. The molecule has 0 spiro atoms. The Labute approximate surface area is 359 Å². The Balaban J connectivity index is 2.05. The van der Waals surface area contributed by atoms with Gasteiger partial charge in [0.15, 0.2) is 18.7 Å². The molecule has 15 unspecified atom stereocenters. The molecule has 2 rings (SSSR count). The van der Waals surface area contributed by atoms with Crippen LogP contribution in [0, 0.1) is 11.8 Å². The van der Waals surface area contributed by atoms with Gasteiger partial charge in [0.1, 0.15) is 48.5 Å². The maximum atomic E-state index is 13.3. The maximum absolute atomic E-state index is 13.3. The second-order valence-electron chi connectivity index (χ2n) is 16.7. The molecule has 2 aliphatic heterocycles. The summed E-state index contributed by atoms with van der Waals surface area (Å²) in [5.41, 5.74) is 0. The van der Waals surface area contributed by atoms with E-state index < -0.39 is 122 Å². The highest BCUT2D eigenvalue weighted by atomic mass is 16.7. The second kappa shape index (κ2) is 27.4. The molecule has 0 radical (unpaired) electrons. The Kier molecular flexibility index (Phi) is 24.3. The quantitative estimate of drug-likeness (QED) is 0.0449. The van der Waals surface area contributed by atoms with Gasteiger partial charge in [-0.25, -0.2) is 0 Å². The molecule has 354 valence electrons. The summed E-state index contributed by atoms with van der Waals surface area (Å²) in [6.07, 6.45) is -14.4. The average molecular weight is 880 g/mol. The van der Waals surface area contributed by atoms with Crippen molar-refractivity contribution in [1.82, 2.24) is 5.32 Å². The topological polar surface area (TPSA) is 283 Å². The molecule has 2 fully saturated rings. The van der Waals surface area contributed by atoms with Crippen LogP contribution >= 0.6 is 0 Å². The fourth-order valence-electron chi connectivity index (χ4n) is 7.40. The Morgan fingerprint density at radius 2 is 1.15 bits per heavy atom. The third-order valence-electron chi connectivity index (χ3n) is 10.5. The van der Waals surface area contributed by atoms with Crippen LogP contribution in [0.15, 0.2) is 0 Å². The molecule has 19 nitrogen and oxygen atoms in total. The number of amides is 1. The van der Waals surface area contributed by atoms with Gasteiger partial charge in [-0.15, -0.1) is 0 Å². The van der Waals surface area contributed by atoms with E-state index in [0.717, 1.165) is 6.92 Å². The van der Waals surface area contributed by atoms with Crippen molar-refractivity contribution >= 4 is 29.6 Å². The van der Waals surface area contributed by atoms with Gasteiger partial charge in [-0.2, -0.15) is 0 Å². The summed E-state index contributed by atoms with van der Waals surface area (Å²) in [7, 11) is 0. The van der Waals surface area contributed by atoms with Gasteiger partial charge in [-0.3, -0.25) is 24.0 Å². The molecule has 0 aliphatic carbocycles. The highest BCUT2D eigenvalue weighted by Crippen LogP contribution is 2.31. The normalized spacial score (nSPS) is 29.2. The maximum Gasteiger partial charge on any atom is 0.309 e. The summed E-state index contributed by atoms with van der Waals surface area (Å²) in [5.74, 6) is -3.94. The highest BCUT2D eigenvalue weighted by Gasteiger charge is 2.51. The lowest BCUT2D eigenvalue weighted by Crippen LogP contribution is -2.64. The third-order valence-corrected chi connectivity index (χ3v) is 10.5. The molecule has 19 heteroatoms. The van der Waals surface area contributed by atoms with Crippen molar-refractivity contribution in [3.8, 4) is 0 Å². The van der Waals surface area contributed by atoms with Gasteiger partial charge in [0.05, 0.1) is 56.3 Å². The van der Waals surface area contributed by atoms with Crippen LogP contribution in [0.25, 0.3) is 0 Å². The number of hydrogen-bond acceptors (Lipinski definition) is 18. The summed E-state index contributed by atoms with van der Waals surface area (Å²) in [4.78, 5) is 63.9. The van der Waals surface area contributed by atoms with E-state index in [-0.39, 0.29) is 44.0 Å². The van der Waals surface area contributed by atoms with Crippen molar-refractivity contribution in [2.24, 2.45) is 11.8 Å². The minimum Gasteiger partial charge on any atom is -0.462 e. The zero-order chi connectivity index (χ0) is 46.0. The van der Waals surface area contributed by atoms with E-state index in [1.54, 1.807) is 0 Å². The molecule has 0 saturated carbocycles. The van der Waals surface area contributed by atoms with E-state index in [1.807, 2.05) is 34.6 Å². The van der Waals surface area contributed by atoms with Gasteiger partial charge >= 0.3 is 17.9 Å². The van der Waals surface area contributed by atoms with Crippen molar-refractivity contribution in [2.75, 3.05) is 13.2 Å². The van der Waals surface area contributed by atoms with E-state index in [4.69, 9.17) is 33.2 Å². The molecule has 15 atom stereocenters. The second-order valence-corrected chi connectivity index (χ2v) is 16.7. The standard InChI is InChI=1S/C42H73NO18/c1-9-12-29(17-28(47)16-26(20-44)40(54)43-27(21-45)15-22(4)5)58-32(48)18-30(13-10-2)59-33(49)19-31(14-11-3)60-41-37(53)39(35(51)24(7)55-41)61-42-36(52)38(57-25(8)46)34(50)23(6)56-42/h22-24,26-27,29-31,34-39,41-42,44-45,50-53H,9-21H2,1-8H3,(H,43,54). The predicted molar refractivity (Wildman–Crippen MR) is 215 cm³/mol. The van der Waals surface area contributed by atoms with Crippen molar-refractivity contribution in [2.45, 2.75) is 212 Å². The molecule has 7 N–H and O–H groups in total. The molecule has 0 aromatic heterocycles. The van der Waals surface area contributed by atoms with Crippen LogP contribution in [0.4, 0.5) is 0 Å². The summed E-state index contributed by atoms with van der Waals surface area (Å²) in [5, 5.41) is 65.7. The SMILES string of the molecule is CCCC(CC(=O)CC(CO)C(=O)NC(CO)CC(C)C)OC(=O)CC(CCC)OC(=O)CC(CCC)OC1OC(C)C(O)C(OC2OC(C)C(O)C(OC(C)=O)C2O)C1O. The fraction of sp³-hybridized carbons (Fsp3) is 0.881. The van der Waals surface area contributed by atoms with Gasteiger partial charge in [0.2, 0.25) is 5.91 Å². The van der Waals surface area contributed by atoms with Gasteiger partial charge in [0, 0.05) is 19.8 Å². The first kappa shape index (κ1) is 54.3. The molecule has 1 amide bonds. The molecular formula is C42H73NO18. The number of rotatable bonds is 27. The van der Waals surface area contributed by atoms with E-state index >= 15 is 0 Å². The lowest BCUT2D eigenvalue weighted by molar-refractivity contribution is -0.358. The molecule has 2 heterocycles. The largest absolute Gasteiger partial charge is 0.462 e. The molecule has 0 aromatic carbocycles. The van der Waals surface area contributed by atoms with E-state index in [0.29, 0.717) is 44.9 Å². The van der Waals surface area contributed by atoms with Crippen LogP contribution in [0.5, 0.6) is 0 Å². The summed E-state index contributed by atoms with van der Waals surface area (Å²) < 4.78 is 39.7. The van der Waals surface area contributed by atoms with Crippen LogP contribution < -0.4 is 5.32 Å². The van der Waals surface area contributed by atoms with Crippen molar-refractivity contribution in [3.05, 3.63) is 0 Å².